The number of aromatic nitrogens is 1. The molecule has 1 aromatic heterocycles. The van der Waals surface area contributed by atoms with Gasteiger partial charge in [-0.15, -0.1) is 0 Å². The zero-order valence-electron chi connectivity index (χ0n) is 17.2. The number of methoxy groups -OCH3 is 1. The Balaban J connectivity index is 1.51. The molecule has 1 N–H and O–H groups in total. The number of aryl methyl sites for hydroxylation is 1. The lowest BCUT2D eigenvalue weighted by Crippen LogP contribution is -3.10. The van der Waals surface area contributed by atoms with Crippen molar-refractivity contribution >= 4 is 5.97 Å². The van der Waals surface area contributed by atoms with Crippen LogP contribution in [0.1, 0.15) is 45.6 Å². The quantitative estimate of drug-likeness (QED) is 0.600. The first-order valence-electron chi connectivity index (χ1n) is 10.3. The molecule has 0 saturated heterocycles. The predicted octanol–water partition coefficient (Wildman–Crippen LogP) is 3.38. The number of nitrogens with one attached hydrogen (secondary N) is 1. The van der Waals surface area contributed by atoms with E-state index in [-0.39, 0.29) is 5.97 Å². The monoisotopic (exact) mass is 389 g/mol. The summed E-state index contributed by atoms with van der Waals surface area (Å²) in [5.74, 6) is -0.251. The van der Waals surface area contributed by atoms with E-state index in [1.54, 1.807) is 0 Å². The maximum Gasteiger partial charge on any atom is 0.338 e. The first kappa shape index (κ1) is 19.5. The predicted molar refractivity (Wildman–Crippen MR) is 114 cm³/mol. The Labute approximate surface area is 172 Å². The molecule has 0 bridgehead atoms. The fourth-order valence-corrected chi connectivity index (χ4v) is 3.96. The molecule has 0 radical (unpaired) electrons. The Kier molecular flexibility index (Phi) is 5.81. The number of rotatable bonds is 8. The largest absolute Gasteiger partial charge is 0.465 e. The number of carbonyl (C=O) groups excluding carboxylic acids is 1. The molecule has 2 aromatic carbocycles. The van der Waals surface area contributed by atoms with E-state index >= 15 is 0 Å². The van der Waals surface area contributed by atoms with Crippen molar-refractivity contribution in [1.29, 1.82) is 0 Å². The average Bonchev–Trinajstić information content (AvgIpc) is 3.50. The lowest BCUT2D eigenvalue weighted by atomic mass is 10.1. The van der Waals surface area contributed by atoms with Crippen LogP contribution in [-0.2, 0) is 24.4 Å². The second-order valence-electron chi connectivity index (χ2n) is 8.05. The fourth-order valence-electron chi connectivity index (χ4n) is 3.96. The molecule has 0 aliphatic heterocycles. The second kappa shape index (κ2) is 8.66. The molecule has 1 aliphatic carbocycles. The van der Waals surface area contributed by atoms with E-state index in [1.807, 2.05) is 18.2 Å². The molecule has 1 unspecified atom stereocenters. The minimum absolute atomic E-state index is 0.251. The van der Waals surface area contributed by atoms with Crippen LogP contribution in [0.3, 0.4) is 0 Å². The summed E-state index contributed by atoms with van der Waals surface area (Å²) in [7, 11) is 1.45. The van der Waals surface area contributed by atoms with Crippen molar-refractivity contribution in [3.05, 3.63) is 94.8 Å². The molecule has 150 valence electrons. The zero-order chi connectivity index (χ0) is 20.2. The number of ether oxygens (including phenoxy) is 1. The van der Waals surface area contributed by atoms with E-state index < -0.39 is 0 Å². The molecule has 1 aliphatic rings. The van der Waals surface area contributed by atoms with E-state index in [4.69, 9.17) is 4.74 Å². The molecular formula is C25H29N2O2+. The SMILES string of the molecule is COC(=O)c1ccccc1C[NH+](Cc1cccn1Cc1ccc(C)cc1)C1CC1. The van der Waals surface area contributed by atoms with Gasteiger partial charge in [0.2, 0.25) is 0 Å². The number of quaternary nitrogens is 1. The Morgan fingerprint density at radius 2 is 1.79 bits per heavy atom. The van der Waals surface area contributed by atoms with Crippen molar-refractivity contribution in [2.75, 3.05) is 7.11 Å². The molecule has 1 saturated carbocycles. The molecule has 0 amide bonds. The van der Waals surface area contributed by atoms with Gasteiger partial charge in [0.15, 0.2) is 0 Å². The van der Waals surface area contributed by atoms with Gasteiger partial charge >= 0.3 is 5.97 Å². The van der Waals surface area contributed by atoms with Crippen LogP contribution in [0.4, 0.5) is 0 Å². The van der Waals surface area contributed by atoms with E-state index in [1.165, 1.54) is 41.7 Å². The van der Waals surface area contributed by atoms with Crippen molar-refractivity contribution in [2.45, 2.75) is 45.4 Å². The molecule has 1 atom stereocenters. The number of carbonyl (C=O) groups is 1. The summed E-state index contributed by atoms with van der Waals surface area (Å²) in [6.45, 7) is 4.80. The van der Waals surface area contributed by atoms with Gasteiger partial charge in [0.1, 0.15) is 13.1 Å². The van der Waals surface area contributed by atoms with Crippen LogP contribution < -0.4 is 4.90 Å². The Hall–Kier alpha value is -2.85. The van der Waals surface area contributed by atoms with Crippen molar-refractivity contribution < 1.29 is 14.4 Å². The molecular weight excluding hydrogens is 360 g/mol. The summed E-state index contributed by atoms with van der Waals surface area (Å²) in [5.41, 5.74) is 5.69. The van der Waals surface area contributed by atoms with Gasteiger partial charge in [0.25, 0.3) is 0 Å². The van der Waals surface area contributed by atoms with Gasteiger partial charge in [-0.1, -0.05) is 48.0 Å². The van der Waals surface area contributed by atoms with Gasteiger partial charge in [-0.25, -0.2) is 4.79 Å². The van der Waals surface area contributed by atoms with Crippen LogP contribution in [0.15, 0.2) is 66.9 Å². The topological polar surface area (TPSA) is 35.7 Å². The van der Waals surface area contributed by atoms with Crippen LogP contribution in [0.25, 0.3) is 0 Å². The highest BCUT2D eigenvalue weighted by Gasteiger charge is 2.34. The van der Waals surface area contributed by atoms with Gasteiger partial charge in [0.05, 0.1) is 24.4 Å². The third kappa shape index (κ3) is 4.77. The Bertz CT molecular complexity index is 970. The van der Waals surface area contributed by atoms with Gasteiger partial charge in [-0.2, -0.15) is 0 Å². The molecule has 29 heavy (non-hydrogen) atoms. The van der Waals surface area contributed by atoms with Crippen LogP contribution in [0, 0.1) is 6.92 Å². The maximum atomic E-state index is 12.2. The van der Waals surface area contributed by atoms with Crippen molar-refractivity contribution in [3.63, 3.8) is 0 Å². The molecule has 4 nitrogen and oxygen atoms in total. The zero-order valence-corrected chi connectivity index (χ0v) is 17.2. The highest BCUT2D eigenvalue weighted by atomic mass is 16.5. The summed E-state index contributed by atoms with van der Waals surface area (Å²) in [6, 6.07) is 21.6. The number of esters is 1. The lowest BCUT2D eigenvalue weighted by molar-refractivity contribution is -0.938. The van der Waals surface area contributed by atoms with E-state index in [9.17, 15) is 4.79 Å². The van der Waals surface area contributed by atoms with Crippen LogP contribution in [0.2, 0.25) is 0 Å². The molecule has 1 fully saturated rings. The fraction of sp³-hybridized carbons (Fsp3) is 0.320. The number of hydrogen-bond acceptors (Lipinski definition) is 2. The summed E-state index contributed by atoms with van der Waals surface area (Å²) in [6.07, 6.45) is 4.69. The number of benzene rings is 2. The molecule has 0 spiro atoms. The van der Waals surface area contributed by atoms with E-state index in [0.29, 0.717) is 11.6 Å². The van der Waals surface area contributed by atoms with E-state index in [0.717, 1.165) is 25.2 Å². The van der Waals surface area contributed by atoms with Gasteiger partial charge in [-0.05, 0) is 30.7 Å². The van der Waals surface area contributed by atoms with E-state index in [2.05, 4.69) is 60.2 Å². The average molecular weight is 390 g/mol. The molecule has 4 rings (SSSR count). The van der Waals surface area contributed by atoms with Gasteiger partial charge in [-0.3, -0.25) is 0 Å². The summed E-state index contributed by atoms with van der Waals surface area (Å²) in [5, 5.41) is 0. The number of hydrogen-bond donors (Lipinski definition) is 1. The molecule has 1 heterocycles. The third-order valence-corrected chi connectivity index (χ3v) is 5.80. The highest BCUT2D eigenvalue weighted by molar-refractivity contribution is 5.90. The minimum Gasteiger partial charge on any atom is -0.465 e. The van der Waals surface area contributed by atoms with Crippen molar-refractivity contribution in [2.24, 2.45) is 0 Å². The van der Waals surface area contributed by atoms with Crippen molar-refractivity contribution in [1.82, 2.24) is 4.57 Å². The smallest absolute Gasteiger partial charge is 0.338 e. The van der Waals surface area contributed by atoms with Gasteiger partial charge < -0.3 is 14.2 Å². The number of nitrogens with zero attached hydrogens (tertiary/aromatic N) is 1. The first-order valence-corrected chi connectivity index (χ1v) is 10.3. The van der Waals surface area contributed by atoms with Crippen LogP contribution in [0.5, 0.6) is 0 Å². The highest BCUT2D eigenvalue weighted by Crippen LogP contribution is 2.18. The van der Waals surface area contributed by atoms with Crippen molar-refractivity contribution in [3.8, 4) is 0 Å². The van der Waals surface area contributed by atoms with Gasteiger partial charge in [0, 0.05) is 31.1 Å². The molecule has 3 aromatic rings. The lowest BCUT2D eigenvalue weighted by Gasteiger charge is -2.21. The summed E-state index contributed by atoms with van der Waals surface area (Å²) < 4.78 is 7.33. The third-order valence-electron chi connectivity index (χ3n) is 5.80. The Morgan fingerprint density at radius 1 is 1.03 bits per heavy atom. The maximum absolute atomic E-state index is 12.2. The minimum atomic E-state index is -0.251. The second-order valence-corrected chi connectivity index (χ2v) is 8.05. The summed E-state index contributed by atoms with van der Waals surface area (Å²) in [4.78, 5) is 13.7. The molecule has 4 heteroatoms. The van der Waals surface area contributed by atoms with Crippen LogP contribution >= 0.6 is 0 Å². The first-order chi connectivity index (χ1) is 14.1. The summed E-state index contributed by atoms with van der Waals surface area (Å²) >= 11 is 0. The Morgan fingerprint density at radius 3 is 2.52 bits per heavy atom. The normalized spacial score (nSPS) is 14.6. The van der Waals surface area contributed by atoms with Crippen LogP contribution in [-0.4, -0.2) is 23.7 Å². The standard InChI is InChI=1S/C25H28N2O2/c1-19-9-11-20(12-10-19)16-26-15-5-7-23(26)18-27(22-13-14-22)17-21-6-3-4-8-24(21)25(28)29-2/h3-12,15,22H,13-14,16-18H2,1-2H3/p+1.